The molecule has 1 aliphatic heterocycles. The number of carbonyl (C=O) groups is 1. The van der Waals surface area contributed by atoms with Crippen LogP contribution in [0, 0.1) is 0 Å². The van der Waals surface area contributed by atoms with Crippen LogP contribution >= 0.6 is 23.2 Å². The van der Waals surface area contributed by atoms with Crippen LogP contribution in [0.1, 0.15) is 0 Å². The Morgan fingerprint density at radius 2 is 1.83 bits per heavy atom. The van der Waals surface area contributed by atoms with Gasteiger partial charge in [-0.2, -0.15) is 0 Å². The van der Waals surface area contributed by atoms with E-state index in [2.05, 4.69) is 4.98 Å². The van der Waals surface area contributed by atoms with Crippen LogP contribution in [-0.4, -0.2) is 41.6 Å². The molecule has 1 aromatic carbocycles. The number of rotatable bonds is 5. The predicted molar refractivity (Wildman–Crippen MR) is 87.2 cm³/mol. The van der Waals surface area contributed by atoms with Crippen LogP contribution in [0.15, 0.2) is 42.6 Å². The van der Waals surface area contributed by atoms with Crippen LogP contribution in [0.5, 0.6) is 11.6 Å². The van der Waals surface area contributed by atoms with Crippen molar-refractivity contribution in [2.24, 2.45) is 0 Å². The summed E-state index contributed by atoms with van der Waals surface area (Å²) in [6.07, 6.45) is 1.47. The topological polar surface area (TPSA) is 51.7 Å². The van der Waals surface area contributed by atoms with Gasteiger partial charge in [-0.3, -0.25) is 4.79 Å². The lowest BCUT2D eigenvalue weighted by Gasteiger charge is -2.38. The van der Waals surface area contributed by atoms with Crippen LogP contribution < -0.4 is 9.47 Å². The third-order valence-electron chi connectivity index (χ3n) is 3.36. The van der Waals surface area contributed by atoms with Crippen molar-refractivity contribution in [2.45, 2.75) is 6.10 Å². The Balaban J connectivity index is 1.41. The molecule has 0 atom stereocenters. The minimum atomic E-state index is -0.0798. The van der Waals surface area contributed by atoms with Crippen molar-refractivity contribution in [1.29, 1.82) is 0 Å². The maximum absolute atomic E-state index is 12.0. The molecule has 0 spiro atoms. The van der Waals surface area contributed by atoms with Gasteiger partial charge in [-0.15, -0.1) is 0 Å². The molecule has 0 unspecified atom stereocenters. The molecule has 1 amide bonds. The number of pyridine rings is 1. The average molecular weight is 353 g/mol. The van der Waals surface area contributed by atoms with Crippen LogP contribution in [0.3, 0.4) is 0 Å². The van der Waals surface area contributed by atoms with Gasteiger partial charge in [0.05, 0.1) is 18.1 Å². The highest BCUT2D eigenvalue weighted by Gasteiger charge is 2.32. The van der Waals surface area contributed by atoms with E-state index in [1.54, 1.807) is 41.3 Å². The van der Waals surface area contributed by atoms with E-state index in [0.29, 0.717) is 34.8 Å². The molecule has 1 aliphatic rings. The van der Waals surface area contributed by atoms with E-state index >= 15 is 0 Å². The van der Waals surface area contributed by atoms with Gasteiger partial charge in [0.2, 0.25) is 5.88 Å². The number of benzene rings is 1. The Labute approximate surface area is 143 Å². The van der Waals surface area contributed by atoms with Gasteiger partial charge in [0.1, 0.15) is 11.9 Å². The molecule has 1 aromatic heterocycles. The molecule has 120 valence electrons. The highest BCUT2D eigenvalue weighted by atomic mass is 35.5. The van der Waals surface area contributed by atoms with Crippen molar-refractivity contribution in [3.8, 4) is 11.6 Å². The van der Waals surface area contributed by atoms with Crippen LogP contribution in [0.4, 0.5) is 0 Å². The Morgan fingerprint density at radius 3 is 2.48 bits per heavy atom. The standard InChI is InChI=1S/C16H14Cl2N2O3/c17-11-1-4-13(5-2-11)22-10-16(21)20-8-14(9-20)23-15-6-3-12(18)7-19-15/h1-7,14H,8-10H2. The van der Waals surface area contributed by atoms with Crippen molar-refractivity contribution < 1.29 is 14.3 Å². The monoisotopic (exact) mass is 352 g/mol. The molecular formula is C16H14Cl2N2O3. The quantitative estimate of drug-likeness (QED) is 0.829. The summed E-state index contributed by atoms with van der Waals surface area (Å²) < 4.78 is 11.1. The van der Waals surface area contributed by atoms with E-state index in [4.69, 9.17) is 32.7 Å². The van der Waals surface area contributed by atoms with Gasteiger partial charge in [0.25, 0.3) is 5.91 Å². The first-order valence-corrected chi connectivity index (χ1v) is 7.80. The lowest BCUT2D eigenvalue weighted by molar-refractivity contribution is -0.142. The number of hydrogen-bond donors (Lipinski definition) is 0. The van der Waals surface area contributed by atoms with E-state index in [-0.39, 0.29) is 18.6 Å². The molecule has 0 radical (unpaired) electrons. The van der Waals surface area contributed by atoms with Crippen LogP contribution in [-0.2, 0) is 4.79 Å². The smallest absolute Gasteiger partial charge is 0.260 e. The normalized spacial score (nSPS) is 14.3. The summed E-state index contributed by atoms with van der Waals surface area (Å²) in [4.78, 5) is 17.7. The van der Waals surface area contributed by atoms with Crippen molar-refractivity contribution in [1.82, 2.24) is 9.88 Å². The molecule has 3 rings (SSSR count). The minimum absolute atomic E-state index is 0.00640. The van der Waals surface area contributed by atoms with E-state index in [9.17, 15) is 4.79 Å². The Hall–Kier alpha value is -1.98. The second kappa shape index (κ2) is 7.06. The number of aromatic nitrogens is 1. The number of likely N-dealkylation sites (tertiary alicyclic amines) is 1. The maximum Gasteiger partial charge on any atom is 0.260 e. The van der Waals surface area contributed by atoms with E-state index in [0.717, 1.165) is 0 Å². The Morgan fingerprint density at radius 1 is 1.13 bits per heavy atom. The lowest BCUT2D eigenvalue weighted by Crippen LogP contribution is -2.57. The number of halogens is 2. The number of amides is 1. The van der Waals surface area contributed by atoms with Gasteiger partial charge < -0.3 is 14.4 Å². The first-order chi connectivity index (χ1) is 11.1. The van der Waals surface area contributed by atoms with Gasteiger partial charge in [0, 0.05) is 17.3 Å². The molecule has 2 heterocycles. The first kappa shape index (κ1) is 15.9. The van der Waals surface area contributed by atoms with Crippen LogP contribution in [0.25, 0.3) is 0 Å². The highest BCUT2D eigenvalue weighted by Crippen LogP contribution is 2.19. The summed E-state index contributed by atoms with van der Waals surface area (Å²) in [5.74, 6) is 1.04. The van der Waals surface area contributed by atoms with Gasteiger partial charge in [-0.05, 0) is 30.3 Å². The molecule has 0 bridgehead atoms. The zero-order valence-electron chi connectivity index (χ0n) is 12.1. The Kier molecular flexibility index (Phi) is 4.88. The zero-order valence-corrected chi connectivity index (χ0v) is 13.6. The van der Waals surface area contributed by atoms with E-state index in [1.807, 2.05) is 0 Å². The Bertz CT molecular complexity index is 671. The fourth-order valence-corrected chi connectivity index (χ4v) is 2.32. The second-order valence-corrected chi connectivity index (χ2v) is 5.97. The molecule has 1 saturated heterocycles. The third-order valence-corrected chi connectivity index (χ3v) is 3.84. The number of hydrogen-bond acceptors (Lipinski definition) is 4. The summed E-state index contributed by atoms with van der Waals surface area (Å²) in [6, 6.07) is 10.3. The summed E-state index contributed by atoms with van der Waals surface area (Å²) >= 11 is 11.6. The summed E-state index contributed by atoms with van der Waals surface area (Å²) in [5, 5.41) is 1.18. The fraction of sp³-hybridized carbons (Fsp3) is 0.250. The average Bonchev–Trinajstić information content (AvgIpc) is 2.51. The molecule has 0 N–H and O–H groups in total. The SMILES string of the molecule is O=C(COc1ccc(Cl)cc1)N1CC(Oc2ccc(Cl)cn2)C1. The molecule has 7 heteroatoms. The van der Waals surface area contributed by atoms with Gasteiger partial charge >= 0.3 is 0 Å². The van der Waals surface area contributed by atoms with Gasteiger partial charge in [-0.25, -0.2) is 4.98 Å². The van der Waals surface area contributed by atoms with Crippen molar-refractivity contribution in [3.05, 3.63) is 52.6 Å². The zero-order chi connectivity index (χ0) is 16.2. The maximum atomic E-state index is 12.0. The minimum Gasteiger partial charge on any atom is -0.484 e. The molecule has 1 fully saturated rings. The number of ether oxygens (including phenoxy) is 2. The number of nitrogens with zero attached hydrogens (tertiary/aromatic N) is 2. The summed E-state index contributed by atoms with van der Waals surface area (Å²) in [7, 11) is 0. The van der Waals surface area contributed by atoms with Crippen LogP contribution in [0.2, 0.25) is 10.0 Å². The fourth-order valence-electron chi connectivity index (χ4n) is 2.09. The summed E-state index contributed by atoms with van der Waals surface area (Å²) in [6.45, 7) is 1.04. The second-order valence-electron chi connectivity index (χ2n) is 5.10. The van der Waals surface area contributed by atoms with Gasteiger partial charge in [-0.1, -0.05) is 23.2 Å². The largest absolute Gasteiger partial charge is 0.484 e. The van der Waals surface area contributed by atoms with Crippen molar-refractivity contribution in [3.63, 3.8) is 0 Å². The van der Waals surface area contributed by atoms with E-state index < -0.39 is 0 Å². The molecular weight excluding hydrogens is 339 g/mol. The molecule has 0 saturated carbocycles. The molecule has 5 nitrogen and oxygen atoms in total. The molecule has 0 aliphatic carbocycles. The van der Waals surface area contributed by atoms with Crippen molar-refractivity contribution >= 4 is 29.1 Å². The first-order valence-electron chi connectivity index (χ1n) is 7.04. The number of carbonyl (C=O) groups excluding carboxylic acids is 1. The predicted octanol–water partition coefficient (Wildman–Crippen LogP) is 3.06. The molecule has 23 heavy (non-hydrogen) atoms. The summed E-state index contributed by atoms with van der Waals surface area (Å²) in [5.41, 5.74) is 0. The van der Waals surface area contributed by atoms with Gasteiger partial charge in [0.15, 0.2) is 6.61 Å². The highest BCUT2D eigenvalue weighted by molar-refractivity contribution is 6.30. The van der Waals surface area contributed by atoms with E-state index in [1.165, 1.54) is 6.20 Å². The van der Waals surface area contributed by atoms with Crippen molar-refractivity contribution in [2.75, 3.05) is 19.7 Å². The molecule has 2 aromatic rings. The lowest BCUT2D eigenvalue weighted by atomic mass is 10.1. The third kappa shape index (κ3) is 4.27.